The van der Waals surface area contributed by atoms with Gasteiger partial charge in [-0.2, -0.15) is 0 Å². The maximum absolute atomic E-state index is 5.23. The third kappa shape index (κ3) is 2.46. The van der Waals surface area contributed by atoms with Crippen molar-refractivity contribution in [1.29, 1.82) is 0 Å². The fourth-order valence-electron chi connectivity index (χ4n) is 1.95. The van der Waals surface area contributed by atoms with Crippen LogP contribution in [0.15, 0.2) is 9.80 Å². The van der Waals surface area contributed by atoms with E-state index >= 15 is 0 Å². The normalized spacial score (nSPS) is 16.7. The molecule has 1 fully saturated rings. The number of aromatic nitrogens is 3. The molecular weight excluding hydrogens is 256 g/mol. The van der Waals surface area contributed by atoms with Gasteiger partial charge in [0.1, 0.15) is 10.7 Å². The van der Waals surface area contributed by atoms with Crippen molar-refractivity contribution in [3.05, 3.63) is 15.2 Å². The Balaban J connectivity index is 1.75. The molecular formula is C10H12N4OS2. The van der Waals surface area contributed by atoms with Crippen LogP contribution in [0.2, 0.25) is 0 Å². The molecule has 0 radical (unpaired) electrons. The summed E-state index contributed by atoms with van der Waals surface area (Å²) in [6, 6.07) is 0. The van der Waals surface area contributed by atoms with E-state index in [0.29, 0.717) is 5.89 Å². The van der Waals surface area contributed by atoms with Gasteiger partial charge in [0.15, 0.2) is 0 Å². The highest BCUT2D eigenvalue weighted by Crippen LogP contribution is 2.22. The van der Waals surface area contributed by atoms with Crippen molar-refractivity contribution in [2.75, 3.05) is 13.1 Å². The Morgan fingerprint density at radius 2 is 2.29 bits per heavy atom. The zero-order valence-electron chi connectivity index (χ0n) is 9.18. The van der Waals surface area contributed by atoms with E-state index in [4.69, 9.17) is 16.6 Å². The van der Waals surface area contributed by atoms with E-state index in [1.54, 1.807) is 11.3 Å². The summed E-state index contributed by atoms with van der Waals surface area (Å²) < 4.78 is 5.23. The third-order valence-electron chi connectivity index (χ3n) is 2.77. The molecule has 1 aliphatic rings. The van der Waals surface area contributed by atoms with Crippen LogP contribution in [0.25, 0.3) is 11.6 Å². The van der Waals surface area contributed by atoms with Gasteiger partial charge in [0, 0.05) is 5.38 Å². The summed E-state index contributed by atoms with van der Waals surface area (Å²) in [5.74, 6) is 0.471. The molecule has 2 aromatic heterocycles. The van der Waals surface area contributed by atoms with Gasteiger partial charge in [-0.3, -0.25) is 4.90 Å². The molecule has 3 rings (SSSR count). The smallest absolute Gasteiger partial charge is 0.284 e. The van der Waals surface area contributed by atoms with Crippen molar-refractivity contribution in [3.8, 4) is 11.6 Å². The van der Waals surface area contributed by atoms with Crippen molar-refractivity contribution in [2.45, 2.75) is 19.4 Å². The van der Waals surface area contributed by atoms with Gasteiger partial charge in [-0.15, -0.1) is 16.4 Å². The van der Waals surface area contributed by atoms with Gasteiger partial charge in [-0.05, 0) is 38.1 Å². The number of aromatic amines is 1. The first-order valence-corrected chi connectivity index (χ1v) is 6.83. The van der Waals surface area contributed by atoms with Gasteiger partial charge in [-0.25, -0.2) is 10.1 Å². The van der Waals surface area contributed by atoms with E-state index in [1.165, 1.54) is 25.9 Å². The van der Waals surface area contributed by atoms with Gasteiger partial charge < -0.3 is 4.42 Å². The summed E-state index contributed by atoms with van der Waals surface area (Å²) in [5.41, 5.74) is 0.761. The quantitative estimate of drug-likeness (QED) is 0.866. The first-order valence-electron chi connectivity index (χ1n) is 5.54. The van der Waals surface area contributed by atoms with Crippen LogP contribution in [0, 0.1) is 4.84 Å². The van der Waals surface area contributed by atoms with Gasteiger partial charge in [0.05, 0.1) is 6.54 Å². The molecule has 0 unspecified atom stereocenters. The molecule has 1 aliphatic heterocycles. The molecule has 0 atom stereocenters. The standard InChI is InChI=1S/C10H12N4OS2/c16-10-13-12-9(15-10)7-6-17-8(11-7)5-14-3-1-2-4-14/h6H,1-5H2,(H,13,16). The molecule has 0 saturated carbocycles. The van der Waals surface area contributed by atoms with Crippen LogP contribution >= 0.6 is 23.6 Å². The van der Waals surface area contributed by atoms with Crippen LogP contribution in [-0.2, 0) is 6.54 Å². The molecule has 0 aromatic carbocycles. The van der Waals surface area contributed by atoms with Crippen LogP contribution in [0.5, 0.6) is 0 Å². The van der Waals surface area contributed by atoms with Crippen LogP contribution in [0.1, 0.15) is 17.8 Å². The zero-order valence-corrected chi connectivity index (χ0v) is 10.8. The molecule has 0 aliphatic carbocycles. The first kappa shape index (κ1) is 11.1. The number of nitrogens with one attached hydrogen (secondary N) is 1. The first-order chi connectivity index (χ1) is 8.31. The summed E-state index contributed by atoms with van der Waals surface area (Å²) in [6.45, 7) is 3.28. The number of hydrogen-bond donors (Lipinski definition) is 1. The fraction of sp³-hybridized carbons (Fsp3) is 0.500. The second-order valence-corrected chi connectivity index (χ2v) is 5.34. The van der Waals surface area contributed by atoms with Gasteiger partial charge >= 0.3 is 0 Å². The van der Waals surface area contributed by atoms with Crippen LogP contribution in [-0.4, -0.2) is 33.2 Å². The van der Waals surface area contributed by atoms with Crippen LogP contribution < -0.4 is 0 Å². The monoisotopic (exact) mass is 268 g/mol. The van der Waals surface area contributed by atoms with Gasteiger partial charge in [-0.1, -0.05) is 0 Å². The summed E-state index contributed by atoms with van der Waals surface area (Å²) >= 11 is 6.48. The Morgan fingerprint density at radius 1 is 1.47 bits per heavy atom. The Kier molecular flexibility index (Phi) is 3.04. The predicted molar refractivity (Wildman–Crippen MR) is 67.3 cm³/mol. The number of rotatable bonds is 3. The highest BCUT2D eigenvalue weighted by molar-refractivity contribution is 7.71. The predicted octanol–water partition coefficient (Wildman–Crippen LogP) is 2.45. The average molecular weight is 268 g/mol. The molecule has 90 valence electrons. The lowest BCUT2D eigenvalue weighted by Crippen LogP contribution is -2.18. The third-order valence-corrected chi connectivity index (χ3v) is 3.77. The highest BCUT2D eigenvalue weighted by atomic mass is 32.1. The molecule has 5 nitrogen and oxygen atoms in total. The Morgan fingerprint density at radius 3 is 3.00 bits per heavy atom. The Bertz CT molecular complexity index is 552. The van der Waals surface area contributed by atoms with Crippen molar-refractivity contribution < 1.29 is 4.42 Å². The van der Waals surface area contributed by atoms with E-state index in [1.807, 2.05) is 5.38 Å². The van der Waals surface area contributed by atoms with Crippen LogP contribution in [0.4, 0.5) is 0 Å². The molecule has 17 heavy (non-hydrogen) atoms. The van der Waals surface area contributed by atoms with Crippen molar-refractivity contribution in [1.82, 2.24) is 20.1 Å². The molecule has 2 aromatic rings. The molecule has 7 heteroatoms. The van der Waals surface area contributed by atoms with Crippen molar-refractivity contribution in [3.63, 3.8) is 0 Å². The molecule has 1 saturated heterocycles. The molecule has 0 bridgehead atoms. The lowest BCUT2D eigenvalue weighted by molar-refractivity contribution is 0.331. The van der Waals surface area contributed by atoms with Crippen molar-refractivity contribution in [2.24, 2.45) is 0 Å². The lowest BCUT2D eigenvalue weighted by atomic mass is 10.4. The minimum atomic E-state index is 0.286. The summed E-state index contributed by atoms with van der Waals surface area (Å²) in [7, 11) is 0. The molecule has 1 N–H and O–H groups in total. The molecule has 3 heterocycles. The van der Waals surface area contributed by atoms with E-state index < -0.39 is 0 Å². The second-order valence-electron chi connectivity index (χ2n) is 4.03. The van der Waals surface area contributed by atoms with Gasteiger partial charge in [0.25, 0.3) is 10.7 Å². The van der Waals surface area contributed by atoms with Crippen LogP contribution in [0.3, 0.4) is 0 Å². The minimum Gasteiger partial charge on any atom is -0.408 e. The minimum absolute atomic E-state index is 0.286. The van der Waals surface area contributed by atoms with E-state index in [0.717, 1.165) is 17.2 Å². The fourth-order valence-corrected chi connectivity index (χ4v) is 2.89. The lowest BCUT2D eigenvalue weighted by Gasteiger charge is -2.11. The Hall–Kier alpha value is -1.05. The second kappa shape index (κ2) is 4.67. The van der Waals surface area contributed by atoms with E-state index in [9.17, 15) is 0 Å². The maximum Gasteiger partial charge on any atom is 0.284 e. The number of thiazole rings is 1. The maximum atomic E-state index is 5.23. The largest absolute Gasteiger partial charge is 0.408 e. The number of H-pyrrole nitrogens is 1. The number of hydrogen-bond acceptors (Lipinski definition) is 6. The topological polar surface area (TPSA) is 58.0 Å². The van der Waals surface area contributed by atoms with E-state index in [2.05, 4.69) is 20.1 Å². The summed E-state index contributed by atoms with van der Waals surface area (Å²) in [4.78, 5) is 7.22. The molecule has 0 spiro atoms. The average Bonchev–Trinajstić information content (AvgIpc) is 2.99. The van der Waals surface area contributed by atoms with E-state index in [-0.39, 0.29) is 4.84 Å². The zero-order chi connectivity index (χ0) is 11.7. The number of likely N-dealkylation sites (tertiary alicyclic amines) is 1. The highest BCUT2D eigenvalue weighted by Gasteiger charge is 2.15. The Labute approximate surface area is 107 Å². The molecule has 0 amide bonds. The van der Waals surface area contributed by atoms with Gasteiger partial charge in [0.2, 0.25) is 0 Å². The summed E-state index contributed by atoms with van der Waals surface area (Å²) in [5, 5.41) is 9.63. The number of nitrogens with zero attached hydrogens (tertiary/aromatic N) is 3. The summed E-state index contributed by atoms with van der Waals surface area (Å²) in [6.07, 6.45) is 2.60. The van der Waals surface area contributed by atoms with Crippen molar-refractivity contribution >= 4 is 23.6 Å². The SMILES string of the molecule is S=c1[nH]nc(-c2csc(CN3CCCC3)n2)o1.